The van der Waals surface area contributed by atoms with E-state index in [1.807, 2.05) is 13.8 Å². The molecule has 0 aromatic rings. The second-order valence-corrected chi connectivity index (χ2v) is 3.92. The van der Waals surface area contributed by atoms with Crippen molar-refractivity contribution in [3.63, 3.8) is 0 Å². The van der Waals surface area contributed by atoms with Crippen molar-refractivity contribution in [2.24, 2.45) is 0 Å². The molecule has 0 aliphatic carbocycles. The van der Waals surface area contributed by atoms with E-state index in [9.17, 15) is 14.3 Å². The summed E-state index contributed by atoms with van der Waals surface area (Å²) in [5.74, 6) is -0.205. The molecule has 0 heterocycles. The van der Waals surface area contributed by atoms with E-state index in [2.05, 4.69) is 5.32 Å². The van der Waals surface area contributed by atoms with Gasteiger partial charge >= 0.3 is 29.6 Å². The first-order chi connectivity index (χ1) is 5.92. The van der Waals surface area contributed by atoms with E-state index in [1.54, 1.807) is 0 Å². The van der Waals surface area contributed by atoms with Gasteiger partial charge in [0.15, 0.2) is 0 Å². The molecule has 0 saturated carbocycles. The molecular weight excluding hydrogens is 216 g/mol. The van der Waals surface area contributed by atoms with Crippen LogP contribution in [-0.4, -0.2) is 23.5 Å². The monoisotopic (exact) mass is 233 g/mol. The SMILES string of the molecule is CC.CC(=O)NCCCP(=O)([O-])O.[Na+]. The van der Waals surface area contributed by atoms with Crippen LogP contribution in [0.2, 0.25) is 0 Å². The predicted octanol–water partition coefficient (Wildman–Crippen LogP) is -2.91. The Balaban J connectivity index is -0.000000376. The van der Waals surface area contributed by atoms with Crippen LogP contribution in [0.1, 0.15) is 27.2 Å². The molecule has 0 rings (SSSR count). The smallest absolute Gasteiger partial charge is 0.779 e. The predicted molar refractivity (Wildman–Crippen MR) is 49.3 cm³/mol. The third-order valence-corrected chi connectivity index (χ3v) is 1.87. The first-order valence-corrected chi connectivity index (χ1v) is 5.95. The maximum absolute atomic E-state index is 10.2. The molecule has 5 nitrogen and oxygen atoms in total. The molecule has 7 heteroatoms. The molecule has 1 atom stereocenters. The van der Waals surface area contributed by atoms with Gasteiger partial charge in [-0.2, -0.15) is 0 Å². The van der Waals surface area contributed by atoms with E-state index in [-0.39, 0.29) is 54.6 Å². The summed E-state index contributed by atoms with van der Waals surface area (Å²) in [6.45, 7) is 5.62. The molecule has 0 radical (unpaired) electrons. The van der Waals surface area contributed by atoms with Gasteiger partial charge in [-0.25, -0.2) is 0 Å². The van der Waals surface area contributed by atoms with Crippen molar-refractivity contribution in [2.45, 2.75) is 27.2 Å². The molecule has 80 valence electrons. The molecule has 0 aromatic carbocycles. The minimum Gasteiger partial charge on any atom is -0.779 e. The summed E-state index contributed by atoms with van der Waals surface area (Å²) in [5, 5.41) is 2.41. The first kappa shape index (κ1) is 20.1. The number of rotatable bonds is 4. The number of nitrogens with one attached hydrogen (secondary N) is 1. The van der Waals surface area contributed by atoms with Gasteiger partial charge in [0, 0.05) is 19.6 Å². The van der Waals surface area contributed by atoms with Crippen LogP contribution in [0.25, 0.3) is 0 Å². The van der Waals surface area contributed by atoms with Crippen LogP contribution in [0.5, 0.6) is 0 Å². The average Bonchev–Trinajstić information content (AvgIpc) is 2.00. The van der Waals surface area contributed by atoms with Crippen molar-refractivity contribution in [2.75, 3.05) is 12.7 Å². The maximum Gasteiger partial charge on any atom is 1.00 e. The molecule has 0 saturated heterocycles. The van der Waals surface area contributed by atoms with E-state index in [0.717, 1.165) is 0 Å². The molecular formula is C7H17NNaO4P. The summed E-state index contributed by atoms with van der Waals surface area (Å²) >= 11 is 0. The standard InChI is InChI=1S/C5H12NO4P.C2H6.Na/c1-5(7)6-3-2-4-11(8,9)10;1-2;/h2-4H2,1H3,(H,6,7)(H2,8,9,10);1-2H3;/q;;+1/p-1. The van der Waals surface area contributed by atoms with Crippen LogP contribution in [0.4, 0.5) is 0 Å². The van der Waals surface area contributed by atoms with Gasteiger partial charge in [0.25, 0.3) is 0 Å². The minimum absolute atomic E-state index is 0. The Morgan fingerprint density at radius 3 is 2.21 bits per heavy atom. The third-order valence-electron chi connectivity index (χ3n) is 0.991. The fourth-order valence-corrected chi connectivity index (χ4v) is 1.10. The Hall–Kier alpha value is 0.620. The summed E-state index contributed by atoms with van der Waals surface area (Å²) in [5.41, 5.74) is 0. The van der Waals surface area contributed by atoms with E-state index in [1.165, 1.54) is 6.92 Å². The second-order valence-electron chi connectivity index (χ2n) is 2.20. The normalized spacial score (nSPS) is 12.6. The molecule has 2 N–H and O–H groups in total. The number of amides is 1. The van der Waals surface area contributed by atoms with Gasteiger partial charge < -0.3 is 19.7 Å². The van der Waals surface area contributed by atoms with Crippen LogP contribution in [0.15, 0.2) is 0 Å². The largest absolute Gasteiger partial charge is 1.00 e. The van der Waals surface area contributed by atoms with Gasteiger partial charge in [-0.15, -0.1) is 0 Å². The van der Waals surface area contributed by atoms with Gasteiger partial charge in [-0.05, 0) is 6.42 Å². The Labute approximate surface area is 107 Å². The average molecular weight is 233 g/mol. The second kappa shape index (κ2) is 11.7. The molecule has 0 fully saturated rings. The van der Waals surface area contributed by atoms with Crippen molar-refractivity contribution >= 4 is 13.5 Å². The van der Waals surface area contributed by atoms with Gasteiger partial charge in [-0.3, -0.25) is 4.79 Å². The zero-order chi connectivity index (χ0) is 10.9. The first-order valence-electron chi connectivity index (χ1n) is 4.19. The van der Waals surface area contributed by atoms with Crippen LogP contribution in [0, 0.1) is 0 Å². The number of carbonyl (C=O) groups excluding carboxylic acids is 1. The van der Waals surface area contributed by atoms with Crippen molar-refractivity contribution in [3.8, 4) is 0 Å². The Morgan fingerprint density at radius 2 is 1.93 bits per heavy atom. The van der Waals surface area contributed by atoms with Crippen LogP contribution in [-0.2, 0) is 9.36 Å². The molecule has 0 aliphatic heterocycles. The van der Waals surface area contributed by atoms with Crippen LogP contribution in [0.3, 0.4) is 0 Å². The van der Waals surface area contributed by atoms with E-state index < -0.39 is 7.60 Å². The molecule has 1 amide bonds. The van der Waals surface area contributed by atoms with Crippen molar-refractivity contribution in [1.82, 2.24) is 5.32 Å². The summed E-state index contributed by atoms with van der Waals surface area (Å²) in [6.07, 6.45) is -0.0376. The molecule has 0 spiro atoms. The summed E-state index contributed by atoms with van der Waals surface area (Å²) in [7, 11) is -4.13. The molecule has 14 heavy (non-hydrogen) atoms. The third kappa shape index (κ3) is 22.9. The van der Waals surface area contributed by atoms with Crippen LogP contribution >= 0.6 is 7.60 Å². The molecule has 1 unspecified atom stereocenters. The van der Waals surface area contributed by atoms with E-state index >= 15 is 0 Å². The van der Waals surface area contributed by atoms with Crippen molar-refractivity contribution in [1.29, 1.82) is 0 Å². The van der Waals surface area contributed by atoms with Crippen molar-refractivity contribution in [3.05, 3.63) is 0 Å². The van der Waals surface area contributed by atoms with Crippen molar-refractivity contribution < 1.29 is 48.7 Å². The number of hydrogen-bond acceptors (Lipinski definition) is 3. The molecule has 0 aliphatic rings. The van der Waals surface area contributed by atoms with Crippen LogP contribution < -0.4 is 39.8 Å². The van der Waals surface area contributed by atoms with Gasteiger partial charge in [0.1, 0.15) is 7.60 Å². The molecule has 0 aromatic heterocycles. The fourth-order valence-electron chi connectivity index (χ4n) is 0.543. The number of carbonyl (C=O) groups is 1. The summed E-state index contributed by atoms with van der Waals surface area (Å²) < 4.78 is 10.1. The fraction of sp³-hybridized carbons (Fsp3) is 0.857. The summed E-state index contributed by atoms with van der Waals surface area (Å²) in [4.78, 5) is 28.7. The zero-order valence-corrected chi connectivity index (χ0v) is 12.1. The Kier molecular flexibility index (Phi) is 16.8. The van der Waals surface area contributed by atoms with E-state index in [4.69, 9.17) is 4.89 Å². The Morgan fingerprint density at radius 1 is 1.50 bits per heavy atom. The molecule has 0 bridgehead atoms. The van der Waals surface area contributed by atoms with Gasteiger partial charge in [0.2, 0.25) is 5.91 Å². The van der Waals surface area contributed by atoms with Gasteiger partial charge in [-0.1, -0.05) is 13.8 Å². The minimum atomic E-state index is -4.13. The maximum atomic E-state index is 10.2. The van der Waals surface area contributed by atoms with Gasteiger partial charge in [0.05, 0.1) is 0 Å². The quantitative estimate of drug-likeness (QED) is 0.309. The summed E-state index contributed by atoms with van der Waals surface area (Å²) in [6, 6.07) is 0. The Bertz CT molecular complexity index is 183. The topological polar surface area (TPSA) is 89.5 Å². The zero-order valence-electron chi connectivity index (χ0n) is 9.24. The number of hydrogen-bond donors (Lipinski definition) is 2. The van der Waals surface area contributed by atoms with E-state index in [0.29, 0.717) is 0 Å².